The summed E-state index contributed by atoms with van der Waals surface area (Å²) >= 11 is 0. The monoisotopic (exact) mass is 322 g/mol. The van der Waals surface area contributed by atoms with E-state index in [1.165, 1.54) is 0 Å². The maximum atomic E-state index is 12.5. The Morgan fingerprint density at radius 3 is 2.67 bits per heavy atom. The smallest absolute Gasteiger partial charge is 0.255 e. The zero-order valence-electron chi connectivity index (χ0n) is 13.8. The molecule has 0 saturated carbocycles. The van der Waals surface area contributed by atoms with Crippen LogP contribution in [0.1, 0.15) is 21.8 Å². The number of benzene rings is 2. The van der Waals surface area contributed by atoms with E-state index in [9.17, 15) is 4.79 Å². The van der Waals surface area contributed by atoms with E-state index < -0.39 is 0 Å². The van der Waals surface area contributed by atoms with E-state index in [0.29, 0.717) is 17.1 Å². The molecule has 0 aliphatic heterocycles. The van der Waals surface area contributed by atoms with E-state index in [2.05, 4.69) is 10.3 Å². The minimum absolute atomic E-state index is 0.163. The van der Waals surface area contributed by atoms with Crippen molar-refractivity contribution in [2.24, 2.45) is 0 Å². The Hall–Kier alpha value is -3.08. The van der Waals surface area contributed by atoms with E-state index in [4.69, 9.17) is 9.15 Å². The average Bonchev–Trinajstić information content (AvgIpc) is 3.01. The van der Waals surface area contributed by atoms with Gasteiger partial charge in [-0.2, -0.15) is 0 Å². The fourth-order valence-electron chi connectivity index (χ4n) is 2.47. The lowest BCUT2D eigenvalue weighted by Crippen LogP contribution is -2.13. The lowest BCUT2D eigenvalue weighted by molar-refractivity contribution is 0.102. The molecule has 0 unspecified atom stereocenters. The number of rotatable bonds is 4. The van der Waals surface area contributed by atoms with Gasteiger partial charge in [-0.05, 0) is 42.8 Å². The summed E-state index contributed by atoms with van der Waals surface area (Å²) < 4.78 is 10.4. The lowest BCUT2D eigenvalue weighted by atomic mass is 10.1. The Balaban J connectivity index is 1.82. The number of hydrogen-bond donors (Lipinski definition) is 1. The van der Waals surface area contributed by atoms with Crippen LogP contribution in [-0.4, -0.2) is 18.0 Å². The Bertz CT molecular complexity index is 884. The summed E-state index contributed by atoms with van der Waals surface area (Å²) in [7, 11) is 1.60. The van der Waals surface area contributed by atoms with Crippen molar-refractivity contribution in [1.29, 1.82) is 0 Å². The van der Waals surface area contributed by atoms with Gasteiger partial charge >= 0.3 is 0 Å². The first-order valence-electron chi connectivity index (χ1n) is 7.55. The molecule has 0 radical (unpaired) electrons. The third kappa shape index (κ3) is 3.30. The molecular weight excluding hydrogens is 304 g/mol. The fraction of sp³-hybridized carbons (Fsp3) is 0.158. The molecule has 1 aromatic heterocycles. The SMILES string of the molecule is COc1ccc(C(=O)Nc2cccc(-c3coc(C)n3)c2)c(C)c1. The third-order valence-electron chi connectivity index (χ3n) is 3.71. The summed E-state index contributed by atoms with van der Waals surface area (Å²) in [5.41, 5.74) is 3.79. The molecule has 0 aliphatic carbocycles. The van der Waals surface area contributed by atoms with Gasteiger partial charge in [-0.25, -0.2) is 4.98 Å². The maximum Gasteiger partial charge on any atom is 0.255 e. The summed E-state index contributed by atoms with van der Waals surface area (Å²) in [6.45, 7) is 3.67. The highest BCUT2D eigenvalue weighted by atomic mass is 16.5. The van der Waals surface area contributed by atoms with Crippen molar-refractivity contribution in [3.05, 3.63) is 65.7 Å². The van der Waals surface area contributed by atoms with Crippen LogP contribution >= 0.6 is 0 Å². The van der Waals surface area contributed by atoms with Gasteiger partial charge in [0.05, 0.1) is 7.11 Å². The van der Waals surface area contributed by atoms with Crippen LogP contribution in [0.2, 0.25) is 0 Å². The van der Waals surface area contributed by atoms with Gasteiger partial charge in [0.15, 0.2) is 5.89 Å². The lowest BCUT2D eigenvalue weighted by Gasteiger charge is -2.10. The first-order chi connectivity index (χ1) is 11.6. The molecule has 24 heavy (non-hydrogen) atoms. The summed E-state index contributed by atoms with van der Waals surface area (Å²) in [6, 6.07) is 12.9. The number of carbonyl (C=O) groups is 1. The number of anilines is 1. The zero-order chi connectivity index (χ0) is 17.1. The van der Waals surface area contributed by atoms with Crippen LogP contribution in [0.5, 0.6) is 5.75 Å². The van der Waals surface area contributed by atoms with Gasteiger partial charge < -0.3 is 14.5 Å². The zero-order valence-corrected chi connectivity index (χ0v) is 13.8. The van der Waals surface area contributed by atoms with E-state index in [0.717, 1.165) is 22.6 Å². The summed E-state index contributed by atoms with van der Waals surface area (Å²) in [6.07, 6.45) is 1.60. The molecule has 0 saturated heterocycles. The van der Waals surface area contributed by atoms with Gasteiger partial charge in [-0.1, -0.05) is 12.1 Å². The van der Waals surface area contributed by atoms with Crippen molar-refractivity contribution in [1.82, 2.24) is 4.98 Å². The normalized spacial score (nSPS) is 10.5. The second-order valence-electron chi connectivity index (χ2n) is 5.47. The van der Waals surface area contributed by atoms with Crippen LogP contribution < -0.4 is 10.1 Å². The van der Waals surface area contributed by atoms with Crippen LogP contribution in [0.4, 0.5) is 5.69 Å². The first-order valence-corrected chi connectivity index (χ1v) is 7.55. The molecule has 3 aromatic rings. The molecule has 0 fully saturated rings. The number of carbonyl (C=O) groups excluding carboxylic acids is 1. The molecule has 5 heteroatoms. The number of nitrogens with zero attached hydrogens (tertiary/aromatic N) is 1. The largest absolute Gasteiger partial charge is 0.497 e. The number of aromatic nitrogens is 1. The molecule has 0 spiro atoms. The van der Waals surface area contributed by atoms with Gasteiger partial charge in [0.2, 0.25) is 0 Å². The molecule has 0 atom stereocenters. The highest BCUT2D eigenvalue weighted by Gasteiger charge is 2.11. The number of hydrogen-bond acceptors (Lipinski definition) is 4. The molecule has 122 valence electrons. The molecule has 5 nitrogen and oxygen atoms in total. The second-order valence-corrected chi connectivity index (χ2v) is 5.47. The van der Waals surface area contributed by atoms with Gasteiger partial charge in [0, 0.05) is 23.7 Å². The minimum atomic E-state index is -0.163. The minimum Gasteiger partial charge on any atom is -0.497 e. The number of oxazole rings is 1. The highest BCUT2D eigenvalue weighted by molar-refractivity contribution is 6.05. The molecular formula is C19H18N2O3. The summed E-state index contributed by atoms with van der Waals surface area (Å²) in [5, 5.41) is 2.92. The highest BCUT2D eigenvalue weighted by Crippen LogP contribution is 2.23. The van der Waals surface area contributed by atoms with E-state index >= 15 is 0 Å². The van der Waals surface area contributed by atoms with Crippen molar-refractivity contribution >= 4 is 11.6 Å². The van der Waals surface area contributed by atoms with Crippen molar-refractivity contribution in [2.45, 2.75) is 13.8 Å². The van der Waals surface area contributed by atoms with E-state index in [1.54, 1.807) is 32.4 Å². The van der Waals surface area contributed by atoms with E-state index in [1.807, 2.05) is 37.3 Å². The number of methoxy groups -OCH3 is 1. The summed E-state index contributed by atoms with van der Waals surface area (Å²) in [5.74, 6) is 1.17. The van der Waals surface area contributed by atoms with Gasteiger partial charge in [-0.15, -0.1) is 0 Å². The quantitative estimate of drug-likeness (QED) is 0.781. The first kappa shape index (κ1) is 15.8. The van der Waals surface area contributed by atoms with Gasteiger partial charge in [-0.3, -0.25) is 4.79 Å². The van der Waals surface area contributed by atoms with Crippen molar-refractivity contribution in [3.63, 3.8) is 0 Å². The number of amides is 1. The van der Waals surface area contributed by atoms with Crippen LogP contribution in [0, 0.1) is 13.8 Å². The van der Waals surface area contributed by atoms with Crippen LogP contribution in [0.3, 0.4) is 0 Å². The Morgan fingerprint density at radius 2 is 2.00 bits per heavy atom. The number of ether oxygens (including phenoxy) is 1. The van der Waals surface area contributed by atoms with Crippen LogP contribution in [-0.2, 0) is 0 Å². The fourth-order valence-corrected chi connectivity index (χ4v) is 2.47. The van der Waals surface area contributed by atoms with Crippen molar-refractivity contribution in [3.8, 4) is 17.0 Å². The topological polar surface area (TPSA) is 64.4 Å². The molecule has 0 bridgehead atoms. The molecule has 1 amide bonds. The van der Waals surface area contributed by atoms with E-state index in [-0.39, 0.29) is 5.91 Å². The maximum absolute atomic E-state index is 12.5. The molecule has 2 aromatic carbocycles. The third-order valence-corrected chi connectivity index (χ3v) is 3.71. The van der Waals surface area contributed by atoms with Crippen molar-refractivity contribution in [2.75, 3.05) is 12.4 Å². The summed E-state index contributed by atoms with van der Waals surface area (Å²) in [4.78, 5) is 16.8. The predicted molar refractivity (Wildman–Crippen MR) is 92.4 cm³/mol. The average molecular weight is 322 g/mol. The van der Waals surface area contributed by atoms with Gasteiger partial charge in [0.1, 0.15) is 17.7 Å². The molecule has 0 aliphatic rings. The predicted octanol–water partition coefficient (Wildman–Crippen LogP) is 4.22. The number of aryl methyl sites for hydroxylation is 2. The standard InChI is InChI=1S/C19H18N2O3/c1-12-9-16(23-3)7-8-17(12)19(22)21-15-6-4-5-14(10-15)18-11-24-13(2)20-18/h4-11H,1-3H3,(H,21,22). The van der Waals surface area contributed by atoms with Crippen LogP contribution in [0.25, 0.3) is 11.3 Å². The Kier molecular flexibility index (Phi) is 4.33. The van der Waals surface area contributed by atoms with Crippen molar-refractivity contribution < 1.29 is 13.9 Å². The second kappa shape index (κ2) is 6.58. The Morgan fingerprint density at radius 1 is 1.17 bits per heavy atom. The molecule has 1 heterocycles. The Labute approximate surface area is 140 Å². The molecule has 1 N–H and O–H groups in total. The molecule has 3 rings (SSSR count). The number of nitrogens with one attached hydrogen (secondary N) is 1. The van der Waals surface area contributed by atoms with Crippen LogP contribution in [0.15, 0.2) is 53.1 Å². The van der Waals surface area contributed by atoms with Gasteiger partial charge in [0.25, 0.3) is 5.91 Å².